The first-order chi connectivity index (χ1) is 7.83. The zero-order valence-electron chi connectivity index (χ0n) is 9.82. The van der Waals surface area contributed by atoms with Crippen molar-refractivity contribution in [2.24, 2.45) is 5.92 Å². The molecule has 0 radical (unpaired) electrons. The fourth-order valence-electron chi connectivity index (χ4n) is 2.37. The summed E-state index contributed by atoms with van der Waals surface area (Å²) in [5.74, 6) is 0.899. The zero-order valence-corrected chi connectivity index (χ0v) is 9.82. The van der Waals surface area contributed by atoms with E-state index in [4.69, 9.17) is 5.26 Å². The Hall–Kier alpha value is -1.49. The molecule has 0 aromatic heterocycles. The summed E-state index contributed by atoms with van der Waals surface area (Å²) in [6, 6.07) is 10.1. The molecule has 1 fully saturated rings. The topological polar surface area (TPSA) is 27.0 Å². The summed E-state index contributed by atoms with van der Waals surface area (Å²) < 4.78 is 0. The van der Waals surface area contributed by atoms with Crippen LogP contribution in [-0.2, 0) is 0 Å². The third-order valence-corrected chi connectivity index (χ3v) is 3.53. The molecule has 0 atom stereocenters. The first-order valence-corrected chi connectivity index (χ1v) is 6.08. The van der Waals surface area contributed by atoms with Crippen molar-refractivity contribution in [2.45, 2.75) is 26.2 Å². The largest absolute Gasteiger partial charge is 0.371 e. The molecular weight excluding hydrogens is 196 g/mol. The van der Waals surface area contributed by atoms with Gasteiger partial charge in [0, 0.05) is 18.8 Å². The van der Waals surface area contributed by atoms with Crippen LogP contribution in [-0.4, -0.2) is 13.1 Å². The molecule has 84 valence electrons. The van der Waals surface area contributed by atoms with Crippen LogP contribution in [0.25, 0.3) is 0 Å². The summed E-state index contributed by atoms with van der Waals surface area (Å²) in [6.45, 7) is 4.54. The van der Waals surface area contributed by atoms with Crippen LogP contribution in [0, 0.1) is 17.2 Å². The first kappa shape index (κ1) is 11.0. The second-order valence-corrected chi connectivity index (χ2v) is 4.50. The van der Waals surface area contributed by atoms with E-state index in [-0.39, 0.29) is 0 Å². The van der Waals surface area contributed by atoms with Crippen LogP contribution in [0.1, 0.15) is 31.7 Å². The second kappa shape index (κ2) is 5.03. The number of benzene rings is 1. The van der Waals surface area contributed by atoms with E-state index in [0.717, 1.165) is 24.6 Å². The molecular formula is C14H18N2. The van der Waals surface area contributed by atoms with Crippen molar-refractivity contribution >= 4 is 5.69 Å². The monoisotopic (exact) mass is 214 g/mol. The van der Waals surface area contributed by atoms with Gasteiger partial charge in [0.2, 0.25) is 0 Å². The number of piperidine rings is 1. The van der Waals surface area contributed by atoms with Gasteiger partial charge in [-0.05, 0) is 37.0 Å². The highest BCUT2D eigenvalue weighted by Crippen LogP contribution is 2.25. The summed E-state index contributed by atoms with van der Waals surface area (Å²) in [5, 5.41) is 8.87. The zero-order chi connectivity index (χ0) is 11.4. The van der Waals surface area contributed by atoms with E-state index in [1.807, 2.05) is 18.2 Å². The molecule has 0 unspecified atom stereocenters. The fraction of sp³-hybridized carbons (Fsp3) is 0.500. The van der Waals surface area contributed by atoms with Crippen molar-refractivity contribution in [3.63, 3.8) is 0 Å². The van der Waals surface area contributed by atoms with Gasteiger partial charge >= 0.3 is 0 Å². The molecule has 1 aromatic rings. The van der Waals surface area contributed by atoms with Crippen LogP contribution in [0.15, 0.2) is 24.3 Å². The highest BCUT2D eigenvalue weighted by molar-refractivity contribution is 5.51. The fourth-order valence-corrected chi connectivity index (χ4v) is 2.37. The normalized spacial score (nSPS) is 17.1. The molecule has 1 aliphatic heterocycles. The van der Waals surface area contributed by atoms with Crippen LogP contribution in [0.3, 0.4) is 0 Å². The predicted octanol–water partition coefficient (Wildman–Crippen LogP) is 3.18. The molecule has 2 rings (SSSR count). The van der Waals surface area contributed by atoms with Gasteiger partial charge in [0.1, 0.15) is 0 Å². The maximum atomic E-state index is 8.87. The van der Waals surface area contributed by atoms with Crippen molar-refractivity contribution in [2.75, 3.05) is 18.0 Å². The Labute approximate surface area is 97.5 Å². The minimum absolute atomic E-state index is 0.759. The lowest BCUT2D eigenvalue weighted by atomic mass is 9.94. The summed E-state index contributed by atoms with van der Waals surface area (Å²) in [5.41, 5.74) is 1.96. The van der Waals surface area contributed by atoms with Crippen LogP contribution in [0.5, 0.6) is 0 Å². The maximum Gasteiger partial charge on any atom is 0.0992 e. The Bertz CT molecular complexity index is 384. The lowest BCUT2D eigenvalue weighted by Gasteiger charge is -2.33. The number of rotatable bonds is 2. The highest BCUT2D eigenvalue weighted by Gasteiger charge is 2.17. The maximum absolute atomic E-state index is 8.87. The van der Waals surface area contributed by atoms with E-state index in [1.54, 1.807) is 0 Å². The SMILES string of the molecule is CCC1CCN(c2cccc(C#N)c2)CC1. The van der Waals surface area contributed by atoms with E-state index in [2.05, 4.69) is 24.0 Å². The summed E-state index contributed by atoms with van der Waals surface area (Å²) in [4.78, 5) is 2.40. The minimum atomic E-state index is 0.759. The van der Waals surface area contributed by atoms with E-state index in [0.29, 0.717) is 0 Å². The van der Waals surface area contributed by atoms with E-state index in [1.165, 1.54) is 24.9 Å². The summed E-state index contributed by atoms with van der Waals surface area (Å²) in [6.07, 6.45) is 3.87. The first-order valence-electron chi connectivity index (χ1n) is 6.08. The molecule has 0 N–H and O–H groups in total. The summed E-state index contributed by atoms with van der Waals surface area (Å²) in [7, 11) is 0. The Morgan fingerprint density at radius 2 is 2.12 bits per heavy atom. The van der Waals surface area contributed by atoms with Crippen LogP contribution < -0.4 is 4.90 Å². The van der Waals surface area contributed by atoms with Crippen LogP contribution >= 0.6 is 0 Å². The highest BCUT2D eigenvalue weighted by atomic mass is 15.1. The van der Waals surface area contributed by atoms with Gasteiger partial charge in [0.05, 0.1) is 11.6 Å². The number of anilines is 1. The number of nitriles is 1. The molecule has 1 saturated heterocycles. The third kappa shape index (κ3) is 2.36. The standard InChI is InChI=1S/C14H18N2/c1-2-12-6-8-16(9-7-12)14-5-3-4-13(10-14)11-15/h3-5,10,12H,2,6-9H2,1H3. The smallest absolute Gasteiger partial charge is 0.0992 e. The lowest BCUT2D eigenvalue weighted by Crippen LogP contribution is -2.33. The predicted molar refractivity (Wildman–Crippen MR) is 66.4 cm³/mol. The van der Waals surface area contributed by atoms with Gasteiger partial charge in [-0.15, -0.1) is 0 Å². The molecule has 0 bridgehead atoms. The third-order valence-electron chi connectivity index (χ3n) is 3.53. The van der Waals surface area contributed by atoms with Gasteiger partial charge in [-0.3, -0.25) is 0 Å². The van der Waals surface area contributed by atoms with Gasteiger partial charge in [-0.25, -0.2) is 0 Å². The van der Waals surface area contributed by atoms with Crippen molar-refractivity contribution < 1.29 is 0 Å². The molecule has 0 saturated carbocycles. The Kier molecular flexibility index (Phi) is 3.46. The quantitative estimate of drug-likeness (QED) is 0.756. The summed E-state index contributed by atoms with van der Waals surface area (Å²) >= 11 is 0. The molecule has 16 heavy (non-hydrogen) atoms. The van der Waals surface area contributed by atoms with E-state index < -0.39 is 0 Å². The number of hydrogen-bond acceptors (Lipinski definition) is 2. The van der Waals surface area contributed by atoms with Gasteiger partial charge in [-0.2, -0.15) is 5.26 Å². The average Bonchev–Trinajstić information content (AvgIpc) is 2.39. The van der Waals surface area contributed by atoms with Gasteiger partial charge in [-0.1, -0.05) is 19.4 Å². The minimum Gasteiger partial charge on any atom is -0.371 e. The lowest BCUT2D eigenvalue weighted by molar-refractivity contribution is 0.395. The van der Waals surface area contributed by atoms with Crippen LogP contribution in [0.2, 0.25) is 0 Å². The molecule has 0 aliphatic carbocycles. The van der Waals surface area contributed by atoms with E-state index in [9.17, 15) is 0 Å². The molecule has 0 spiro atoms. The van der Waals surface area contributed by atoms with Gasteiger partial charge < -0.3 is 4.90 Å². The average molecular weight is 214 g/mol. The molecule has 1 heterocycles. The molecule has 1 aliphatic rings. The van der Waals surface area contributed by atoms with E-state index >= 15 is 0 Å². The van der Waals surface area contributed by atoms with Gasteiger partial charge in [0.25, 0.3) is 0 Å². The number of nitrogens with zero attached hydrogens (tertiary/aromatic N) is 2. The van der Waals surface area contributed by atoms with Crippen LogP contribution in [0.4, 0.5) is 5.69 Å². The number of hydrogen-bond donors (Lipinski definition) is 0. The van der Waals surface area contributed by atoms with Crippen molar-refractivity contribution in [1.29, 1.82) is 5.26 Å². The second-order valence-electron chi connectivity index (χ2n) is 4.50. The molecule has 2 heteroatoms. The van der Waals surface area contributed by atoms with Crippen molar-refractivity contribution in [3.8, 4) is 6.07 Å². The van der Waals surface area contributed by atoms with Gasteiger partial charge in [0.15, 0.2) is 0 Å². The Balaban J connectivity index is 2.05. The molecule has 1 aromatic carbocycles. The Morgan fingerprint density at radius 3 is 2.75 bits per heavy atom. The molecule has 2 nitrogen and oxygen atoms in total. The Morgan fingerprint density at radius 1 is 1.38 bits per heavy atom. The van der Waals surface area contributed by atoms with Crippen molar-refractivity contribution in [3.05, 3.63) is 29.8 Å². The van der Waals surface area contributed by atoms with Crippen molar-refractivity contribution in [1.82, 2.24) is 0 Å². The molecule has 0 amide bonds.